The van der Waals surface area contributed by atoms with E-state index in [4.69, 9.17) is 0 Å². The Morgan fingerprint density at radius 2 is 2.00 bits per heavy atom. The summed E-state index contributed by atoms with van der Waals surface area (Å²) < 4.78 is 0. The van der Waals surface area contributed by atoms with Crippen molar-refractivity contribution in [1.29, 1.82) is 0 Å². The average molecular weight is 192 g/mol. The van der Waals surface area contributed by atoms with Gasteiger partial charge in [0.05, 0.1) is 0 Å². The van der Waals surface area contributed by atoms with Crippen LogP contribution in [0.2, 0.25) is 0 Å². The molecule has 0 amide bonds. The maximum absolute atomic E-state index is 4.13. The van der Waals surface area contributed by atoms with Crippen LogP contribution in [-0.2, 0) is 0 Å². The first-order valence-electron chi connectivity index (χ1n) is 6.14. The second kappa shape index (κ2) is 3.12. The fourth-order valence-corrected chi connectivity index (χ4v) is 3.86. The van der Waals surface area contributed by atoms with Crippen molar-refractivity contribution in [3.63, 3.8) is 0 Å². The lowest BCUT2D eigenvalue weighted by Gasteiger charge is -2.67. The largest absolute Gasteiger partial charge is 0.0998 e. The average Bonchev–Trinajstić information content (AvgIpc) is 2.08. The van der Waals surface area contributed by atoms with E-state index < -0.39 is 0 Å². The van der Waals surface area contributed by atoms with Gasteiger partial charge < -0.3 is 0 Å². The van der Waals surface area contributed by atoms with Crippen LogP contribution in [-0.4, -0.2) is 0 Å². The van der Waals surface area contributed by atoms with Crippen molar-refractivity contribution in [2.45, 2.75) is 47.0 Å². The highest BCUT2D eigenvalue weighted by Gasteiger charge is 2.61. The lowest BCUT2D eigenvalue weighted by molar-refractivity contribution is -0.166. The molecular weight excluding hydrogens is 168 g/mol. The molecule has 2 aliphatic carbocycles. The van der Waals surface area contributed by atoms with Gasteiger partial charge in [0.25, 0.3) is 0 Å². The van der Waals surface area contributed by atoms with Crippen LogP contribution < -0.4 is 0 Å². The maximum atomic E-state index is 4.13. The van der Waals surface area contributed by atoms with Crippen LogP contribution in [0.15, 0.2) is 12.2 Å². The van der Waals surface area contributed by atoms with Gasteiger partial charge in [0.15, 0.2) is 0 Å². The van der Waals surface area contributed by atoms with Crippen LogP contribution in [0, 0.1) is 29.1 Å². The van der Waals surface area contributed by atoms with Crippen molar-refractivity contribution in [2.75, 3.05) is 0 Å². The van der Waals surface area contributed by atoms with E-state index in [1.54, 1.807) is 0 Å². The molecule has 0 N–H and O–H groups in total. The highest BCUT2D eigenvalue weighted by molar-refractivity contribution is 5.19. The first-order chi connectivity index (χ1) is 6.49. The third kappa shape index (κ3) is 1.12. The number of rotatable bonds is 3. The normalized spacial score (nSPS) is 42.4. The minimum Gasteiger partial charge on any atom is -0.0998 e. The monoisotopic (exact) mass is 192 g/mol. The molecule has 4 unspecified atom stereocenters. The summed E-state index contributed by atoms with van der Waals surface area (Å²) in [5.41, 5.74) is 2.17. The van der Waals surface area contributed by atoms with E-state index >= 15 is 0 Å². The SMILES string of the molecule is C=C(C)C1CC2(C(C)C(C)C)CCC12. The van der Waals surface area contributed by atoms with Gasteiger partial charge in [0.2, 0.25) is 0 Å². The fraction of sp³-hybridized carbons (Fsp3) is 0.857. The summed E-state index contributed by atoms with van der Waals surface area (Å²) in [4.78, 5) is 0. The molecule has 0 saturated heterocycles. The van der Waals surface area contributed by atoms with Crippen LogP contribution in [0.5, 0.6) is 0 Å². The quantitative estimate of drug-likeness (QED) is 0.586. The van der Waals surface area contributed by atoms with E-state index in [2.05, 4.69) is 34.3 Å². The van der Waals surface area contributed by atoms with Gasteiger partial charge in [-0.2, -0.15) is 0 Å². The van der Waals surface area contributed by atoms with Crippen LogP contribution in [0.3, 0.4) is 0 Å². The van der Waals surface area contributed by atoms with E-state index in [-0.39, 0.29) is 0 Å². The molecule has 0 heterocycles. The van der Waals surface area contributed by atoms with E-state index in [1.165, 1.54) is 24.8 Å². The minimum absolute atomic E-state index is 0.734. The van der Waals surface area contributed by atoms with E-state index in [0.717, 1.165) is 29.1 Å². The zero-order valence-corrected chi connectivity index (χ0v) is 10.1. The topological polar surface area (TPSA) is 0 Å². The lowest BCUT2D eigenvalue weighted by Crippen LogP contribution is -2.59. The molecule has 0 aromatic carbocycles. The van der Waals surface area contributed by atoms with E-state index in [0.29, 0.717) is 0 Å². The molecule has 0 spiro atoms. The first-order valence-corrected chi connectivity index (χ1v) is 6.14. The van der Waals surface area contributed by atoms with Crippen molar-refractivity contribution in [1.82, 2.24) is 0 Å². The Kier molecular flexibility index (Phi) is 2.28. The molecule has 0 nitrogen and oxygen atoms in total. The molecular formula is C14H24. The number of hydrogen-bond donors (Lipinski definition) is 0. The van der Waals surface area contributed by atoms with Gasteiger partial charge in [-0.25, -0.2) is 0 Å². The summed E-state index contributed by atoms with van der Waals surface area (Å²) in [5, 5.41) is 0. The summed E-state index contributed by atoms with van der Waals surface area (Å²) in [5.74, 6) is 3.63. The Bertz CT molecular complexity index is 251. The Balaban J connectivity index is 2.05. The van der Waals surface area contributed by atoms with Gasteiger partial charge in [-0.1, -0.05) is 32.9 Å². The zero-order chi connectivity index (χ0) is 10.5. The molecule has 2 saturated carbocycles. The molecule has 0 aromatic heterocycles. The Hall–Kier alpha value is -0.260. The number of allylic oxidation sites excluding steroid dienone is 1. The zero-order valence-electron chi connectivity index (χ0n) is 10.1. The second-order valence-corrected chi connectivity index (χ2v) is 6.07. The Morgan fingerprint density at radius 1 is 1.36 bits per heavy atom. The third-order valence-electron chi connectivity index (χ3n) is 5.28. The summed E-state index contributed by atoms with van der Waals surface area (Å²) in [6, 6.07) is 0. The molecule has 0 aliphatic heterocycles. The number of hydrogen-bond acceptors (Lipinski definition) is 0. The smallest absolute Gasteiger partial charge is 0.0169 e. The highest BCUT2D eigenvalue weighted by Crippen LogP contribution is 2.70. The molecule has 0 radical (unpaired) electrons. The molecule has 2 aliphatic rings. The molecule has 0 heteroatoms. The van der Waals surface area contributed by atoms with Crippen LogP contribution >= 0.6 is 0 Å². The summed E-state index contributed by atoms with van der Waals surface area (Å²) in [6.45, 7) is 13.6. The molecule has 2 fully saturated rings. The van der Waals surface area contributed by atoms with Crippen molar-refractivity contribution in [3.05, 3.63) is 12.2 Å². The summed E-state index contributed by atoms with van der Waals surface area (Å²) >= 11 is 0. The predicted octanol–water partition coefficient (Wildman–Crippen LogP) is 4.27. The molecule has 2 rings (SSSR count). The van der Waals surface area contributed by atoms with Gasteiger partial charge in [-0.05, 0) is 55.3 Å². The fourth-order valence-electron chi connectivity index (χ4n) is 3.86. The highest BCUT2D eigenvalue weighted by atomic mass is 14.7. The minimum atomic E-state index is 0.734. The van der Waals surface area contributed by atoms with Crippen LogP contribution in [0.4, 0.5) is 0 Å². The van der Waals surface area contributed by atoms with Crippen molar-refractivity contribution >= 4 is 0 Å². The number of fused-ring (bicyclic) bond motifs is 1. The van der Waals surface area contributed by atoms with E-state index in [1.807, 2.05) is 0 Å². The van der Waals surface area contributed by atoms with Gasteiger partial charge in [-0.15, -0.1) is 0 Å². The van der Waals surface area contributed by atoms with Gasteiger partial charge in [-0.3, -0.25) is 0 Å². The van der Waals surface area contributed by atoms with Gasteiger partial charge >= 0.3 is 0 Å². The second-order valence-electron chi connectivity index (χ2n) is 6.07. The summed E-state index contributed by atoms with van der Waals surface area (Å²) in [7, 11) is 0. The van der Waals surface area contributed by atoms with Gasteiger partial charge in [0.1, 0.15) is 0 Å². The first kappa shape index (κ1) is 10.3. The Morgan fingerprint density at radius 3 is 2.29 bits per heavy atom. The standard InChI is InChI=1S/C14H24/c1-9(2)11(5)14-7-6-13(14)12(8-14)10(3)4/h9,11-13H,3,6-8H2,1-2,4-5H3. The summed E-state index contributed by atoms with van der Waals surface area (Å²) in [6.07, 6.45) is 4.39. The maximum Gasteiger partial charge on any atom is -0.0169 e. The molecule has 0 aromatic rings. The predicted molar refractivity (Wildman–Crippen MR) is 62.1 cm³/mol. The lowest BCUT2D eigenvalue weighted by atomic mass is 9.37. The van der Waals surface area contributed by atoms with Crippen molar-refractivity contribution in [3.8, 4) is 0 Å². The molecule has 0 bridgehead atoms. The molecule has 4 atom stereocenters. The van der Waals surface area contributed by atoms with Gasteiger partial charge in [0, 0.05) is 0 Å². The van der Waals surface area contributed by atoms with Crippen molar-refractivity contribution < 1.29 is 0 Å². The Labute approximate surface area is 88.8 Å². The van der Waals surface area contributed by atoms with Crippen molar-refractivity contribution in [2.24, 2.45) is 29.1 Å². The third-order valence-corrected chi connectivity index (χ3v) is 5.28. The van der Waals surface area contributed by atoms with Crippen LogP contribution in [0.25, 0.3) is 0 Å². The van der Waals surface area contributed by atoms with Crippen LogP contribution in [0.1, 0.15) is 47.0 Å². The van der Waals surface area contributed by atoms with E-state index in [9.17, 15) is 0 Å². The molecule has 14 heavy (non-hydrogen) atoms. The molecule has 80 valence electrons.